The van der Waals surface area contributed by atoms with Crippen LogP contribution in [-0.4, -0.2) is 43.2 Å². The first kappa shape index (κ1) is 16.4. The molecule has 1 atom stereocenters. The number of amides is 1. The zero-order chi connectivity index (χ0) is 16.1. The number of halogens is 1. The summed E-state index contributed by atoms with van der Waals surface area (Å²) in [4.78, 5) is 14.4. The van der Waals surface area contributed by atoms with Gasteiger partial charge < -0.3 is 15.0 Å². The number of benzene rings is 1. The second-order valence-corrected chi connectivity index (χ2v) is 6.43. The van der Waals surface area contributed by atoms with E-state index >= 15 is 0 Å². The van der Waals surface area contributed by atoms with Crippen molar-refractivity contribution < 1.29 is 13.9 Å². The van der Waals surface area contributed by atoms with Crippen LogP contribution < -0.4 is 5.32 Å². The lowest BCUT2D eigenvalue weighted by atomic mass is 9.98. The van der Waals surface area contributed by atoms with Gasteiger partial charge in [-0.15, -0.1) is 0 Å². The maximum Gasteiger partial charge on any atom is 0.249 e. The first-order valence-corrected chi connectivity index (χ1v) is 8.61. The maximum absolute atomic E-state index is 13.5. The molecule has 1 heterocycles. The minimum Gasteiger partial charge on any atom is -0.368 e. The first-order valence-electron chi connectivity index (χ1n) is 8.61. The number of ether oxygens (including phenoxy) is 1. The van der Waals surface area contributed by atoms with Crippen LogP contribution in [0.15, 0.2) is 24.3 Å². The van der Waals surface area contributed by atoms with Gasteiger partial charge in [0.05, 0.1) is 12.1 Å². The summed E-state index contributed by atoms with van der Waals surface area (Å²) in [6.45, 7) is 2.18. The summed E-state index contributed by atoms with van der Waals surface area (Å²) < 4.78 is 19.3. The third-order valence-electron chi connectivity index (χ3n) is 4.79. The molecule has 0 spiro atoms. The molecule has 1 aliphatic carbocycles. The van der Waals surface area contributed by atoms with Gasteiger partial charge in [-0.3, -0.25) is 4.79 Å². The molecule has 0 radical (unpaired) electrons. The topological polar surface area (TPSA) is 41.6 Å². The normalized spacial score (nSPS) is 23.0. The average Bonchev–Trinajstić information content (AvgIpc) is 2.60. The highest BCUT2D eigenvalue weighted by atomic mass is 19.1. The number of nitrogens with zero attached hydrogens (tertiary/aromatic N) is 1. The second-order valence-electron chi connectivity index (χ2n) is 6.43. The molecule has 3 rings (SSSR count). The van der Waals surface area contributed by atoms with E-state index in [0.717, 1.165) is 24.9 Å². The van der Waals surface area contributed by atoms with Crippen molar-refractivity contribution in [3.63, 3.8) is 0 Å². The van der Waals surface area contributed by atoms with Crippen molar-refractivity contribution in [2.45, 2.75) is 44.2 Å². The fourth-order valence-corrected chi connectivity index (χ4v) is 3.52. The molecule has 1 N–H and O–H groups in total. The Morgan fingerprint density at radius 3 is 2.91 bits per heavy atom. The van der Waals surface area contributed by atoms with E-state index in [1.807, 2.05) is 11.0 Å². The van der Waals surface area contributed by atoms with Crippen molar-refractivity contribution in [2.24, 2.45) is 0 Å². The van der Waals surface area contributed by atoms with E-state index in [1.54, 1.807) is 6.07 Å². The molecule has 1 saturated carbocycles. The fourth-order valence-electron chi connectivity index (χ4n) is 3.52. The van der Waals surface area contributed by atoms with E-state index < -0.39 is 0 Å². The molecule has 1 saturated heterocycles. The molecule has 5 heteroatoms. The zero-order valence-electron chi connectivity index (χ0n) is 13.5. The van der Waals surface area contributed by atoms with Crippen LogP contribution in [-0.2, 0) is 9.53 Å². The van der Waals surface area contributed by atoms with Gasteiger partial charge in [-0.1, -0.05) is 31.4 Å². The number of hydrogen-bond donors (Lipinski definition) is 1. The number of piperazine rings is 1. The zero-order valence-corrected chi connectivity index (χ0v) is 13.5. The highest BCUT2D eigenvalue weighted by molar-refractivity contribution is 5.78. The standard InChI is InChI=1S/C18H25FN2O2/c19-15-6-4-5-14(11-15)17-12-20-9-10-21(17)18(22)13-23-16-7-2-1-3-8-16/h4-6,11,16-17,20H,1-3,7-10,12-13H2. The second kappa shape index (κ2) is 7.88. The average molecular weight is 320 g/mol. The van der Waals surface area contributed by atoms with Gasteiger partial charge >= 0.3 is 0 Å². The van der Waals surface area contributed by atoms with Crippen molar-refractivity contribution in [3.8, 4) is 0 Å². The summed E-state index contributed by atoms with van der Waals surface area (Å²) in [5, 5.41) is 3.29. The van der Waals surface area contributed by atoms with Crippen LogP contribution in [0, 0.1) is 5.82 Å². The summed E-state index contributed by atoms with van der Waals surface area (Å²) >= 11 is 0. The van der Waals surface area contributed by atoms with E-state index in [4.69, 9.17) is 4.74 Å². The molecule has 0 bridgehead atoms. The summed E-state index contributed by atoms with van der Waals surface area (Å²) in [5.41, 5.74) is 0.836. The van der Waals surface area contributed by atoms with Gasteiger partial charge in [0.25, 0.3) is 0 Å². The Morgan fingerprint density at radius 1 is 1.30 bits per heavy atom. The van der Waals surface area contributed by atoms with Gasteiger partial charge in [-0.25, -0.2) is 4.39 Å². The quantitative estimate of drug-likeness (QED) is 0.927. The maximum atomic E-state index is 13.5. The Morgan fingerprint density at radius 2 is 2.13 bits per heavy atom. The predicted octanol–water partition coefficient (Wildman–Crippen LogP) is 2.65. The van der Waals surface area contributed by atoms with Gasteiger partial charge in [0.1, 0.15) is 12.4 Å². The SMILES string of the molecule is O=C(COC1CCCCC1)N1CCNCC1c1cccc(F)c1. The van der Waals surface area contributed by atoms with Crippen LogP contribution in [0.5, 0.6) is 0 Å². The molecular formula is C18H25FN2O2. The number of rotatable bonds is 4. The highest BCUT2D eigenvalue weighted by Gasteiger charge is 2.28. The van der Waals surface area contributed by atoms with Crippen LogP contribution in [0.2, 0.25) is 0 Å². The molecule has 2 aliphatic rings. The third kappa shape index (κ3) is 4.30. The van der Waals surface area contributed by atoms with Crippen molar-refractivity contribution in [2.75, 3.05) is 26.2 Å². The summed E-state index contributed by atoms with van der Waals surface area (Å²) in [5.74, 6) is -0.259. The number of nitrogens with one attached hydrogen (secondary N) is 1. The van der Waals surface area contributed by atoms with Crippen LogP contribution >= 0.6 is 0 Å². The number of carbonyl (C=O) groups excluding carboxylic acids is 1. The molecule has 0 aromatic heterocycles. The van der Waals surface area contributed by atoms with Gasteiger partial charge in [-0.2, -0.15) is 0 Å². The van der Waals surface area contributed by atoms with Crippen molar-refractivity contribution in [1.82, 2.24) is 10.2 Å². The lowest BCUT2D eigenvalue weighted by Gasteiger charge is -2.37. The van der Waals surface area contributed by atoms with E-state index in [9.17, 15) is 9.18 Å². The smallest absolute Gasteiger partial charge is 0.249 e. The summed E-state index contributed by atoms with van der Waals surface area (Å²) in [7, 11) is 0. The largest absolute Gasteiger partial charge is 0.368 e. The summed E-state index contributed by atoms with van der Waals surface area (Å²) in [6.07, 6.45) is 6.00. The Hall–Kier alpha value is -1.46. The number of carbonyl (C=O) groups is 1. The molecule has 4 nitrogen and oxygen atoms in total. The van der Waals surface area contributed by atoms with Crippen molar-refractivity contribution >= 4 is 5.91 Å². The Labute approximate surface area is 137 Å². The molecule has 2 fully saturated rings. The fraction of sp³-hybridized carbons (Fsp3) is 0.611. The van der Waals surface area contributed by atoms with E-state index in [0.29, 0.717) is 13.1 Å². The van der Waals surface area contributed by atoms with Gasteiger partial charge in [0.2, 0.25) is 5.91 Å². The van der Waals surface area contributed by atoms with Gasteiger partial charge in [-0.05, 0) is 30.5 Å². The van der Waals surface area contributed by atoms with Crippen LogP contribution in [0.25, 0.3) is 0 Å². The molecule has 126 valence electrons. The monoisotopic (exact) mass is 320 g/mol. The minimum absolute atomic E-state index is 0.00587. The first-order chi connectivity index (χ1) is 11.2. The molecule has 1 aromatic rings. The molecule has 1 unspecified atom stereocenters. The predicted molar refractivity (Wildman–Crippen MR) is 86.5 cm³/mol. The van der Waals surface area contributed by atoms with E-state index in [2.05, 4.69) is 5.32 Å². The molecule has 1 amide bonds. The van der Waals surface area contributed by atoms with Crippen LogP contribution in [0.3, 0.4) is 0 Å². The van der Waals surface area contributed by atoms with Gasteiger partial charge in [0.15, 0.2) is 0 Å². The molecule has 23 heavy (non-hydrogen) atoms. The Kier molecular flexibility index (Phi) is 5.62. The van der Waals surface area contributed by atoms with Gasteiger partial charge in [0, 0.05) is 19.6 Å². The van der Waals surface area contributed by atoms with Crippen LogP contribution in [0.4, 0.5) is 4.39 Å². The lowest BCUT2D eigenvalue weighted by Crippen LogP contribution is -2.50. The molecule has 1 aromatic carbocycles. The van der Waals surface area contributed by atoms with Crippen LogP contribution in [0.1, 0.15) is 43.7 Å². The minimum atomic E-state index is -0.265. The lowest BCUT2D eigenvalue weighted by molar-refractivity contribution is -0.142. The summed E-state index contributed by atoms with van der Waals surface area (Å²) in [6, 6.07) is 6.39. The highest BCUT2D eigenvalue weighted by Crippen LogP contribution is 2.24. The van der Waals surface area contributed by atoms with Crippen molar-refractivity contribution in [3.05, 3.63) is 35.6 Å². The third-order valence-corrected chi connectivity index (χ3v) is 4.79. The Balaban J connectivity index is 1.62. The number of hydrogen-bond acceptors (Lipinski definition) is 3. The Bertz CT molecular complexity index is 532. The molecule has 1 aliphatic heterocycles. The van der Waals surface area contributed by atoms with E-state index in [1.165, 1.54) is 31.4 Å². The van der Waals surface area contributed by atoms with Crippen molar-refractivity contribution in [1.29, 1.82) is 0 Å². The molecular weight excluding hydrogens is 295 g/mol. The van der Waals surface area contributed by atoms with E-state index in [-0.39, 0.29) is 30.5 Å².